The third-order valence-electron chi connectivity index (χ3n) is 3.36. The van der Waals surface area contributed by atoms with Gasteiger partial charge >= 0.3 is 0 Å². The van der Waals surface area contributed by atoms with Crippen molar-refractivity contribution in [2.75, 3.05) is 0 Å². The summed E-state index contributed by atoms with van der Waals surface area (Å²) >= 11 is 0. The first kappa shape index (κ1) is 13.7. The predicted molar refractivity (Wildman–Crippen MR) is 74.6 cm³/mol. The number of pyridine rings is 1. The Morgan fingerprint density at radius 1 is 1.21 bits per heavy atom. The quantitative estimate of drug-likeness (QED) is 0.827. The van der Waals surface area contributed by atoms with Crippen LogP contribution < -0.4 is 0 Å². The van der Waals surface area contributed by atoms with Gasteiger partial charge < -0.3 is 4.52 Å². The Kier molecular flexibility index (Phi) is 4.32. The van der Waals surface area contributed by atoms with E-state index in [1.807, 2.05) is 32.2 Å². The molecule has 0 radical (unpaired) electrons. The van der Waals surface area contributed by atoms with Gasteiger partial charge in [0, 0.05) is 30.9 Å². The average Bonchev–Trinajstić information content (AvgIpc) is 2.70. The van der Waals surface area contributed by atoms with Crippen molar-refractivity contribution in [2.24, 2.45) is 0 Å². The maximum atomic E-state index is 5.23. The van der Waals surface area contributed by atoms with E-state index in [0.717, 1.165) is 30.2 Å². The van der Waals surface area contributed by atoms with Crippen LogP contribution >= 0.6 is 0 Å². The molecule has 102 valence electrons. The molecule has 0 aromatic carbocycles. The number of aromatic nitrogens is 2. The summed E-state index contributed by atoms with van der Waals surface area (Å²) in [5.74, 6) is 0.907. The smallest absolute Gasteiger partial charge is 0.138 e. The fourth-order valence-electron chi connectivity index (χ4n) is 2.05. The third kappa shape index (κ3) is 3.41. The molecule has 0 amide bonds. The first-order valence-electron chi connectivity index (χ1n) is 6.63. The summed E-state index contributed by atoms with van der Waals surface area (Å²) in [5.41, 5.74) is 3.25. The highest BCUT2D eigenvalue weighted by Crippen LogP contribution is 2.18. The molecule has 2 aromatic rings. The molecule has 0 bridgehead atoms. The number of nitrogens with zero attached hydrogens (tertiary/aromatic N) is 3. The van der Waals surface area contributed by atoms with Crippen molar-refractivity contribution in [3.8, 4) is 0 Å². The summed E-state index contributed by atoms with van der Waals surface area (Å²) in [7, 11) is 0. The molecule has 0 aliphatic rings. The molecule has 0 spiro atoms. The second-order valence-electron chi connectivity index (χ2n) is 5.12. The topological polar surface area (TPSA) is 42.2 Å². The van der Waals surface area contributed by atoms with E-state index in [2.05, 4.69) is 35.0 Å². The van der Waals surface area contributed by atoms with Crippen LogP contribution in [0.3, 0.4) is 0 Å². The predicted octanol–water partition coefficient (Wildman–Crippen LogP) is 3.10. The van der Waals surface area contributed by atoms with Crippen LogP contribution in [-0.4, -0.2) is 21.1 Å². The molecule has 0 fully saturated rings. The van der Waals surface area contributed by atoms with Gasteiger partial charge in [0.05, 0.1) is 11.4 Å². The Hall–Kier alpha value is -1.68. The van der Waals surface area contributed by atoms with Gasteiger partial charge in [-0.2, -0.15) is 0 Å². The molecular formula is C15H21N3O. The second kappa shape index (κ2) is 5.97. The van der Waals surface area contributed by atoms with Gasteiger partial charge in [-0.3, -0.25) is 9.88 Å². The summed E-state index contributed by atoms with van der Waals surface area (Å²) in [6.07, 6.45) is 1.84. The molecule has 2 heterocycles. The minimum atomic E-state index is 0.440. The normalized spacial score (nSPS) is 11.5. The van der Waals surface area contributed by atoms with Crippen LogP contribution in [0.15, 0.2) is 28.9 Å². The fraction of sp³-hybridized carbons (Fsp3) is 0.467. The van der Waals surface area contributed by atoms with E-state index in [9.17, 15) is 0 Å². The highest BCUT2D eigenvalue weighted by molar-refractivity contribution is 5.20. The summed E-state index contributed by atoms with van der Waals surface area (Å²) in [6, 6.07) is 6.47. The van der Waals surface area contributed by atoms with Crippen LogP contribution in [-0.2, 0) is 13.1 Å². The maximum Gasteiger partial charge on any atom is 0.138 e. The van der Waals surface area contributed by atoms with Crippen molar-refractivity contribution in [3.63, 3.8) is 0 Å². The highest BCUT2D eigenvalue weighted by atomic mass is 16.5. The number of aryl methyl sites for hydroxylation is 2. The Balaban J connectivity index is 2.13. The van der Waals surface area contributed by atoms with E-state index >= 15 is 0 Å². The van der Waals surface area contributed by atoms with E-state index in [1.54, 1.807) is 0 Å². The van der Waals surface area contributed by atoms with Gasteiger partial charge in [0.25, 0.3) is 0 Å². The highest BCUT2D eigenvalue weighted by Gasteiger charge is 2.16. The summed E-state index contributed by atoms with van der Waals surface area (Å²) in [6.45, 7) is 10.0. The van der Waals surface area contributed by atoms with Crippen LogP contribution in [0.4, 0.5) is 0 Å². The van der Waals surface area contributed by atoms with Crippen molar-refractivity contribution in [1.29, 1.82) is 0 Å². The Morgan fingerprint density at radius 2 is 2.00 bits per heavy atom. The standard InChI is InChI=1S/C15H21N3O/c1-11(2)18(9-14-7-5-6-8-16-14)10-15-12(3)17-19-13(15)4/h5-8,11H,9-10H2,1-4H3. The average molecular weight is 259 g/mol. The molecule has 0 unspecified atom stereocenters. The molecule has 19 heavy (non-hydrogen) atoms. The first-order chi connectivity index (χ1) is 9.08. The zero-order valence-electron chi connectivity index (χ0n) is 12.1. The van der Waals surface area contributed by atoms with Crippen LogP contribution in [0.25, 0.3) is 0 Å². The second-order valence-corrected chi connectivity index (χ2v) is 5.12. The lowest BCUT2D eigenvalue weighted by Gasteiger charge is -2.26. The lowest BCUT2D eigenvalue weighted by molar-refractivity contribution is 0.200. The van der Waals surface area contributed by atoms with E-state index < -0.39 is 0 Å². The monoisotopic (exact) mass is 259 g/mol. The minimum absolute atomic E-state index is 0.440. The van der Waals surface area contributed by atoms with Gasteiger partial charge in [-0.1, -0.05) is 11.2 Å². The molecule has 4 nitrogen and oxygen atoms in total. The lowest BCUT2D eigenvalue weighted by Crippen LogP contribution is -2.30. The van der Waals surface area contributed by atoms with Crippen LogP contribution in [0.5, 0.6) is 0 Å². The SMILES string of the molecule is Cc1noc(C)c1CN(Cc1ccccn1)C(C)C. The minimum Gasteiger partial charge on any atom is -0.361 e. The van der Waals surface area contributed by atoms with Gasteiger partial charge in [-0.15, -0.1) is 0 Å². The van der Waals surface area contributed by atoms with Crippen molar-refractivity contribution in [2.45, 2.75) is 46.8 Å². The Bertz CT molecular complexity index is 500. The van der Waals surface area contributed by atoms with E-state index in [1.165, 1.54) is 5.56 Å². The Morgan fingerprint density at radius 3 is 2.53 bits per heavy atom. The van der Waals surface area contributed by atoms with E-state index in [-0.39, 0.29) is 0 Å². The van der Waals surface area contributed by atoms with Crippen LogP contribution in [0.1, 0.15) is 36.6 Å². The number of rotatable bonds is 5. The van der Waals surface area contributed by atoms with Crippen LogP contribution in [0, 0.1) is 13.8 Å². The number of hydrogen-bond donors (Lipinski definition) is 0. The lowest BCUT2D eigenvalue weighted by atomic mass is 10.1. The molecule has 4 heteroatoms. The van der Waals surface area contributed by atoms with Crippen molar-refractivity contribution in [3.05, 3.63) is 47.1 Å². The molecular weight excluding hydrogens is 238 g/mol. The van der Waals surface area contributed by atoms with Crippen molar-refractivity contribution in [1.82, 2.24) is 15.0 Å². The van der Waals surface area contributed by atoms with E-state index in [4.69, 9.17) is 4.52 Å². The molecule has 0 atom stereocenters. The third-order valence-corrected chi connectivity index (χ3v) is 3.36. The van der Waals surface area contributed by atoms with E-state index in [0.29, 0.717) is 6.04 Å². The van der Waals surface area contributed by atoms with Gasteiger partial charge in [-0.25, -0.2) is 0 Å². The largest absolute Gasteiger partial charge is 0.361 e. The maximum absolute atomic E-state index is 5.23. The molecule has 0 aliphatic heterocycles. The van der Waals surface area contributed by atoms with Gasteiger partial charge in [0.1, 0.15) is 5.76 Å². The van der Waals surface area contributed by atoms with Gasteiger partial charge in [0.2, 0.25) is 0 Å². The summed E-state index contributed by atoms with van der Waals surface area (Å²) < 4.78 is 5.23. The molecule has 2 aromatic heterocycles. The van der Waals surface area contributed by atoms with Gasteiger partial charge in [0.15, 0.2) is 0 Å². The summed E-state index contributed by atoms with van der Waals surface area (Å²) in [5, 5.41) is 4.02. The molecule has 0 saturated heterocycles. The van der Waals surface area contributed by atoms with Crippen LogP contribution in [0.2, 0.25) is 0 Å². The van der Waals surface area contributed by atoms with Gasteiger partial charge in [-0.05, 0) is 39.8 Å². The fourth-order valence-corrected chi connectivity index (χ4v) is 2.05. The first-order valence-corrected chi connectivity index (χ1v) is 6.63. The zero-order chi connectivity index (χ0) is 13.8. The number of hydrogen-bond acceptors (Lipinski definition) is 4. The molecule has 0 N–H and O–H groups in total. The zero-order valence-corrected chi connectivity index (χ0v) is 12.1. The molecule has 2 rings (SSSR count). The Labute approximate surface area is 114 Å². The van der Waals surface area contributed by atoms with Crippen molar-refractivity contribution >= 4 is 0 Å². The van der Waals surface area contributed by atoms with Crippen molar-refractivity contribution < 1.29 is 4.52 Å². The molecule has 0 aliphatic carbocycles. The molecule has 0 saturated carbocycles. The summed E-state index contributed by atoms with van der Waals surface area (Å²) in [4.78, 5) is 6.76.